The zero-order valence-electron chi connectivity index (χ0n) is 21.4. The third kappa shape index (κ3) is 4.03. The van der Waals surface area contributed by atoms with E-state index in [9.17, 15) is 0 Å². The topological polar surface area (TPSA) is 51.6 Å². The Morgan fingerprint density at radius 2 is 1.70 bits per heavy atom. The van der Waals surface area contributed by atoms with Gasteiger partial charge in [-0.25, -0.2) is 0 Å². The van der Waals surface area contributed by atoms with Crippen molar-refractivity contribution in [3.05, 3.63) is 101 Å². The largest absolute Gasteiger partial charge is 0.454 e. The van der Waals surface area contributed by atoms with Gasteiger partial charge in [-0.3, -0.25) is 4.98 Å². The minimum Gasteiger partial charge on any atom is -0.454 e. The molecule has 0 spiro atoms. The Morgan fingerprint density at radius 1 is 0.946 bits per heavy atom. The van der Waals surface area contributed by atoms with Crippen molar-refractivity contribution < 1.29 is 9.47 Å². The maximum absolute atomic E-state index is 5.94. The molecule has 0 amide bonds. The van der Waals surface area contributed by atoms with Crippen LogP contribution in [0.3, 0.4) is 0 Å². The van der Waals surface area contributed by atoms with Gasteiger partial charge in [0.2, 0.25) is 6.79 Å². The number of nitrogens with one attached hydrogen (secondary N) is 1. The second-order valence-electron chi connectivity index (χ2n) is 9.94. The molecule has 2 atom stereocenters. The molecule has 7 heteroatoms. The van der Waals surface area contributed by atoms with E-state index in [4.69, 9.17) is 26.7 Å². The number of ether oxygens (including phenoxy) is 2. The lowest BCUT2D eigenvalue weighted by Gasteiger charge is -2.28. The van der Waals surface area contributed by atoms with Crippen molar-refractivity contribution in [3.63, 3.8) is 0 Å². The maximum atomic E-state index is 5.94. The van der Waals surface area contributed by atoms with Crippen LogP contribution in [0.1, 0.15) is 60.1 Å². The average Bonchev–Trinajstić information content (AvgIpc) is 3.59. The van der Waals surface area contributed by atoms with Crippen LogP contribution in [0.5, 0.6) is 11.5 Å². The summed E-state index contributed by atoms with van der Waals surface area (Å²) in [5, 5.41) is 4.28. The van der Waals surface area contributed by atoms with Crippen LogP contribution in [0, 0.1) is 13.8 Å². The molecule has 2 aliphatic heterocycles. The molecule has 0 radical (unpaired) electrons. The first-order valence-corrected chi connectivity index (χ1v) is 13.0. The first-order valence-electron chi connectivity index (χ1n) is 12.6. The van der Waals surface area contributed by atoms with Crippen molar-refractivity contribution >= 4 is 23.0 Å². The molecule has 1 fully saturated rings. The molecule has 2 aromatic carbocycles. The number of pyridine rings is 1. The van der Waals surface area contributed by atoms with Crippen molar-refractivity contribution in [1.29, 1.82) is 0 Å². The number of thiocarbonyl (C=S) groups is 1. The van der Waals surface area contributed by atoms with E-state index < -0.39 is 0 Å². The van der Waals surface area contributed by atoms with Gasteiger partial charge in [-0.05, 0) is 85.6 Å². The summed E-state index contributed by atoms with van der Waals surface area (Å²) in [7, 11) is 0. The van der Waals surface area contributed by atoms with Crippen molar-refractivity contribution in [2.24, 2.45) is 0 Å². The fourth-order valence-corrected chi connectivity index (χ4v) is 5.82. The number of nitrogens with zero attached hydrogens (tertiary/aromatic N) is 3. The van der Waals surface area contributed by atoms with Crippen molar-refractivity contribution in [2.45, 2.75) is 45.7 Å². The summed E-state index contributed by atoms with van der Waals surface area (Å²) < 4.78 is 13.5. The molecule has 6 nitrogen and oxygen atoms in total. The average molecular weight is 511 g/mol. The number of aryl methyl sites for hydroxylation is 1. The molecule has 1 N–H and O–H groups in total. The predicted octanol–water partition coefficient (Wildman–Crippen LogP) is 6.52. The minimum absolute atomic E-state index is 0.0683. The Morgan fingerprint density at radius 3 is 2.43 bits per heavy atom. The molecule has 188 valence electrons. The molecule has 4 heterocycles. The highest BCUT2D eigenvalue weighted by molar-refractivity contribution is 7.80. The summed E-state index contributed by atoms with van der Waals surface area (Å²) in [4.78, 5) is 6.95. The Hall–Kier alpha value is -3.84. The Kier molecular flexibility index (Phi) is 5.88. The standard InChI is InChI=1S/C30H30N4O2S/c1-18(2)21-8-10-22(11-9-21)34-29(28(32-30(34)37)25-7-5-6-14-31-25)24-15-19(3)33(20(24)4)23-12-13-26-27(16-23)36-17-35-26/h5-16,18,28-29H,17H2,1-4H3,(H,32,37). The second kappa shape index (κ2) is 9.23. The van der Waals surface area contributed by atoms with Gasteiger partial charge in [0, 0.05) is 35.0 Å². The van der Waals surface area contributed by atoms with E-state index in [-0.39, 0.29) is 18.9 Å². The molecular weight excluding hydrogens is 480 g/mol. The second-order valence-corrected chi connectivity index (χ2v) is 10.3. The monoisotopic (exact) mass is 510 g/mol. The quantitative estimate of drug-likeness (QED) is 0.309. The fourth-order valence-electron chi connectivity index (χ4n) is 5.48. The Bertz CT molecular complexity index is 1460. The zero-order valence-corrected chi connectivity index (χ0v) is 22.3. The van der Waals surface area contributed by atoms with E-state index in [1.807, 2.05) is 30.5 Å². The Labute approximate surface area is 222 Å². The molecular formula is C30H30N4O2S. The van der Waals surface area contributed by atoms with E-state index >= 15 is 0 Å². The summed E-state index contributed by atoms with van der Waals surface area (Å²) in [5.74, 6) is 2.02. The van der Waals surface area contributed by atoms with Crippen molar-refractivity contribution in [2.75, 3.05) is 11.7 Å². The smallest absolute Gasteiger partial charge is 0.231 e. The minimum atomic E-state index is -0.0934. The van der Waals surface area contributed by atoms with Crippen LogP contribution in [0.2, 0.25) is 0 Å². The number of rotatable bonds is 5. The third-order valence-electron chi connectivity index (χ3n) is 7.34. The molecule has 37 heavy (non-hydrogen) atoms. The number of anilines is 1. The van der Waals surface area contributed by atoms with Gasteiger partial charge in [0.15, 0.2) is 16.6 Å². The van der Waals surface area contributed by atoms with Crippen LogP contribution < -0.4 is 19.7 Å². The van der Waals surface area contributed by atoms with Crippen LogP contribution in [0.4, 0.5) is 5.69 Å². The summed E-state index contributed by atoms with van der Waals surface area (Å²) in [5.41, 5.74) is 7.87. The van der Waals surface area contributed by atoms with E-state index in [0.717, 1.165) is 40.0 Å². The predicted molar refractivity (Wildman–Crippen MR) is 150 cm³/mol. The first-order chi connectivity index (χ1) is 17.9. The molecule has 2 aromatic heterocycles. The van der Waals surface area contributed by atoms with Crippen molar-refractivity contribution in [1.82, 2.24) is 14.9 Å². The summed E-state index contributed by atoms with van der Waals surface area (Å²) in [6.07, 6.45) is 1.84. The van der Waals surface area contributed by atoms with Crippen molar-refractivity contribution in [3.8, 4) is 17.2 Å². The van der Waals surface area contributed by atoms with Crippen LogP contribution in [-0.4, -0.2) is 21.5 Å². The molecule has 1 saturated heterocycles. The molecule has 4 aromatic rings. The van der Waals surface area contributed by atoms with Gasteiger partial charge in [0.25, 0.3) is 0 Å². The molecule has 2 aliphatic rings. The SMILES string of the molecule is Cc1cc(C2C(c3ccccn3)NC(=S)N2c2ccc(C(C)C)cc2)c(C)n1-c1ccc2c(c1)OCO2. The lowest BCUT2D eigenvalue weighted by molar-refractivity contribution is 0.174. The summed E-state index contributed by atoms with van der Waals surface area (Å²) in [6, 6.07) is 23.0. The maximum Gasteiger partial charge on any atom is 0.231 e. The lowest BCUT2D eigenvalue weighted by atomic mass is 9.96. The third-order valence-corrected chi connectivity index (χ3v) is 7.65. The highest BCUT2D eigenvalue weighted by atomic mass is 32.1. The molecule has 0 aliphatic carbocycles. The van der Waals surface area contributed by atoms with Gasteiger partial charge < -0.3 is 24.3 Å². The van der Waals surface area contributed by atoms with Gasteiger partial charge in [-0.15, -0.1) is 0 Å². The molecule has 6 rings (SSSR count). The molecule has 0 saturated carbocycles. The van der Waals surface area contributed by atoms with Crippen LogP contribution >= 0.6 is 12.2 Å². The van der Waals surface area contributed by atoms with E-state index in [1.165, 1.54) is 11.1 Å². The van der Waals surface area contributed by atoms with Gasteiger partial charge in [-0.1, -0.05) is 32.0 Å². The highest BCUT2D eigenvalue weighted by Gasteiger charge is 2.42. The Balaban J connectivity index is 1.48. The van der Waals surface area contributed by atoms with E-state index in [2.05, 4.69) is 84.9 Å². The number of benzene rings is 2. The van der Waals surface area contributed by atoms with Gasteiger partial charge in [-0.2, -0.15) is 0 Å². The fraction of sp³-hybridized carbons (Fsp3) is 0.267. The van der Waals surface area contributed by atoms with Crippen LogP contribution in [0.15, 0.2) is 72.9 Å². The highest BCUT2D eigenvalue weighted by Crippen LogP contribution is 2.44. The zero-order chi connectivity index (χ0) is 25.7. The number of fused-ring (bicyclic) bond motifs is 1. The summed E-state index contributed by atoms with van der Waals surface area (Å²) in [6.45, 7) is 8.99. The number of hydrogen-bond donors (Lipinski definition) is 1. The van der Waals surface area contributed by atoms with Crippen LogP contribution in [-0.2, 0) is 0 Å². The normalized spacial score (nSPS) is 18.5. The molecule has 2 unspecified atom stereocenters. The lowest BCUT2D eigenvalue weighted by Crippen LogP contribution is -2.29. The van der Waals surface area contributed by atoms with E-state index in [0.29, 0.717) is 11.0 Å². The van der Waals surface area contributed by atoms with Crippen LogP contribution in [0.25, 0.3) is 5.69 Å². The first kappa shape index (κ1) is 23.6. The number of hydrogen-bond acceptors (Lipinski definition) is 4. The summed E-state index contributed by atoms with van der Waals surface area (Å²) >= 11 is 5.94. The van der Waals surface area contributed by atoms with E-state index in [1.54, 1.807) is 0 Å². The van der Waals surface area contributed by atoms with Gasteiger partial charge in [0.1, 0.15) is 0 Å². The van der Waals surface area contributed by atoms with Gasteiger partial charge >= 0.3 is 0 Å². The number of aromatic nitrogens is 2. The van der Waals surface area contributed by atoms with Gasteiger partial charge in [0.05, 0.1) is 17.8 Å². The molecule has 0 bridgehead atoms.